The van der Waals surface area contributed by atoms with E-state index in [0.29, 0.717) is 0 Å². The summed E-state index contributed by atoms with van der Waals surface area (Å²) >= 11 is 0. The zero-order valence-corrected chi connectivity index (χ0v) is 13.3. The quantitative estimate of drug-likeness (QED) is 0.518. The van der Waals surface area contributed by atoms with Gasteiger partial charge in [-0.15, -0.1) is 0 Å². The van der Waals surface area contributed by atoms with Crippen LogP contribution < -0.4 is 0 Å². The molecule has 0 aliphatic carbocycles. The Morgan fingerprint density at radius 2 is 0.600 bits per heavy atom. The molecule has 0 nitrogen and oxygen atoms in total. The van der Waals surface area contributed by atoms with Gasteiger partial charge in [-0.3, -0.25) is 0 Å². The minimum Gasteiger partial charge on any atom is -0.0894 e. The molecular formula is C13H36B2. The van der Waals surface area contributed by atoms with Crippen molar-refractivity contribution in [2.45, 2.75) is 88.3 Å². The zero-order chi connectivity index (χ0) is 14.1. The second-order valence-electron chi connectivity index (χ2n) is 0.931. The lowest BCUT2D eigenvalue weighted by Crippen LogP contribution is -1.67. The lowest BCUT2D eigenvalue weighted by molar-refractivity contribution is 1.08. The first-order chi connectivity index (χ1) is 7.41. The Hall–Kier alpha value is 0.130. The summed E-state index contributed by atoms with van der Waals surface area (Å²) in [5, 5.41) is 0. The Labute approximate surface area is 104 Å². The first kappa shape index (κ1) is 36.2. The summed E-state index contributed by atoms with van der Waals surface area (Å²) in [6, 6.07) is 0. The third-order valence-electron chi connectivity index (χ3n) is 0.408. The highest BCUT2D eigenvalue weighted by molar-refractivity contribution is 6.11. The monoisotopic (exact) mass is 214 g/mol. The van der Waals surface area contributed by atoms with E-state index >= 15 is 0 Å². The van der Waals surface area contributed by atoms with E-state index in [2.05, 4.69) is 0 Å². The van der Waals surface area contributed by atoms with E-state index in [1.165, 1.54) is 0 Å². The summed E-state index contributed by atoms with van der Waals surface area (Å²) in [4.78, 5) is 0. The topological polar surface area (TPSA) is 0 Å². The fraction of sp³-hybridized carbons (Fsp3) is 1.00. The van der Waals surface area contributed by atoms with E-state index in [0.717, 1.165) is 19.1 Å². The third kappa shape index (κ3) is 458. The van der Waals surface area contributed by atoms with Crippen LogP contribution in [0.1, 0.15) is 75.7 Å². The number of hydrogen-bond acceptors (Lipinski definition) is 0. The van der Waals surface area contributed by atoms with Gasteiger partial charge in [-0.05, 0) is 0 Å². The first-order valence-corrected chi connectivity index (χ1v) is 6.82. The molecule has 0 spiro atoms. The predicted molar refractivity (Wildman–Crippen MR) is 82.5 cm³/mol. The van der Waals surface area contributed by atoms with Crippen molar-refractivity contribution in [1.29, 1.82) is 0 Å². The molecule has 94 valence electrons. The van der Waals surface area contributed by atoms with Crippen LogP contribution in [0.4, 0.5) is 0 Å². The van der Waals surface area contributed by atoms with Crippen molar-refractivity contribution in [1.82, 2.24) is 0 Å². The van der Waals surface area contributed by atoms with Crippen molar-refractivity contribution in [3.63, 3.8) is 0 Å². The molecule has 0 saturated carbocycles. The Morgan fingerprint density at radius 3 is 0.600 bits per heavy atom. The highest BCUT2D eigenvalue weighted by atomic mass is 13.6. The van der Waals surface area contributed by atoms with Crippen molar-refractivity contribution < 1.29 is 0 Å². The first-order valence-electron chi connectivity index (χ1n) is 6.82. The second kappa shape index (κ2) is 249. The molecule has 0 aromatic rings. The van der Waals surface area contributed by atoms with Crippen LogP contribution in [0.2, 0.25) is 12.6 Å². The molecule has 0 N–H and O–H groups in total. The molecular weight excluding hydrogens is 178 g/mol. The maximum Gasteiger partial charge on any atom is 0.0652 e. The van der Waals surface area contributed by atoms with Gasteiger partial charge in [0, 0.05) is 0 Å². The van der Waals surface area contributed by atoms with Crippen molar-refractivity contribution in [2.75, 3.05) is 0 Å². The number of rotatable bonds is 2. The van der Waals surface area contributed by atoms with Gasteiger partial charge in [-0.1, -0.05) is 88.3 Å². The molecule has 0 amide bonds. The molecule has 15 heavy (non-hydrogen) atoms. The van der Waals surface area contributed by atoms with Crippen LogP contribution in [0.3, 0.4) is 0 Å². The Morgan fingerprint density at radius 1 is 0.467 bits per heavy atom. The molecule has 0 atom stereocenters. The zero-order valence-electron chi connectivity index (χ0n) is 13.3. The van der Waals surface area contributed by atoms with Gasteiger partial charge in [-0.2, -0.15) is 0 Å². The fourth-order valence-corrected chi connectivity index (χ4v) is 0.118. The van der Waals surface area contributed by atoms with Crippen molar-refractivity contribution in [3.8, 4) is 0 Å². The second-order valence-corrected chi connectivity index (χ2v) is 0.931. The highest BCUT2D eigenvalue weighted by Gasteiger charge is 1.68. The van der Waals surface area contributed by atoms with Gasteiger partial charge in [0.15, 0.2) is 0 Å². The summed E-state index contributed by atoms with van der Waals surface area (Å²) in [6.07, 6.45) is 2.38. The Kier molecular flexibility index (Phi) is 601. The van der Waals surface area contributed by atoms with Crippen LogP contribution in [0, 0.1) is 0 Å². The molecule has 4 radical (unpaired) electrons. The summed E-state index contributed by atoms with van der Waals surface area (Å²) < 4.78 is 0. The molecule has 0 aliphatic heterocycles. The van der Waals surface area contributed by atoms with E-state index in [4.69, 9.17) is 15.7 Å². The van der Waals surface area contributed by atoms with Gasteiger partial charge >= 0.3 is 0 Å². The molecule has 0 aromatic heterocycles. The summed E-state index contributed by atoms with van der Waals surface area (Å²) in [5.74, 6) is 0. The lowest BCUT2D eigenvalue weighted by Gasteiger charge is -1.79. The maximum atomic E-state index is 5.06. The van der Waals surface area contributed by atoms with Gasteiger partial charge in [0.1, 0.15) is 0 Å². The fourth-order valence-electron chi connectivity index (χ4n) is 0.118. The molecule has 0 unspecified atom stereocenters. The SMILES string of the molecule is CC.CC.CC.CC.CC.[B]CCC[B]. The van der Waals surface area contributed by atoms with Gasteiger partial charge in [-0.25, -0.2) is 0 Å². The average Bonchev–Trinajstić information content (AvgIpc) is 2.42. The van der Waals surface area contributed by atoms with Gasteiger partial charge in [0.2, 0.25) is 0 Å². The van der Waals surface area contributed by atoms with Crippen LogP contribution in [-0.2, 0) is 0 Å². The van der Waals surface area contributed by atoms with Gasteiger partial charge < -0.3 is 0 Å². The minimum absolute atomic E-state index is 0.719. The van der Waals surface area contributed by atoms with Crippen LogP contribution >= 0.6 is 0 Å². The highest BCUT2D eigenvalue weighted by Crippen LogP contribution is 1.84. The Bertz CT molecular complexity index is 16.0. The van der Waals surface area contributed by atoms with Crippen molar-refractivity contribution in [3.05, 3.63) is 0 Å². The largest absolute Gasteiger partial charge is 0.0894 e. The molecule has 0 saturated heterocycles. The smallest absolute Gasteiger partial charge is 0.0652 e. The van der Waals surface area contributed by atoms with Crippen molar-refractivity contribution in [2.24, 2.45) is 0 Å². The van der Waals surface area contributed by atoms with E-state index in [1.54, 1.807) is 0 Å². The van der Waals surface area contributed by atoms with E-state index < -0.39 is 0 Å². The van der Waals surface area contributed by atoms with Crippen LogP contribution in [-0.4, -0.2) is 15.7 Å². The molecule has 0 rings (SSSR count). The number of hydrogen-bond donors (Lipinski definition) is 0. The lowest BCUT2D eigenvalue weighted by atomic mass is 9.93. The molecule has 0 aromatic carbocycles. The van der Waals surface area contributed by atoms with E-state index in [1.807, 2.05) is 69.2 Å². The van der Waals surface area contributed by atoms with Crippen LogP contribution in [0.15, 0.2) is 0 Å². The standard InChI is InChI=1S/C3H6B2.5C2H6/c4-2-1-3-5;5*1-2/h1-3H2;5*1-2H3. The average molecular weight is 214 g/mol. The molecule has 0 aliphatic rings. The van der Waals surface area contributed by atoms with Gasteiger partial charge in [0.05, 0.1) is 15.7 Å². The Balaban J connectivity index is -0.0000000177. The molecule has 0 heterocycles. The minimum atomic E-state index is 0.719. The normalized spacial score (nSPS) is 4.67. The van der Waals surface area contributed by atoms with Crippen molar-refractivity contribution >= 4 is 15.7 Å². The maximum absolute atomic E-state index is 5.06. The van der Waals surface area contributed by atoms with Crippen LogP contribution in [0.5, 0.6) is 0 Å². The molecule has 0 bridgehead atoms. The van der Waals surface area contributed by atoms with Gasteiger partial charge in [0.25, 0.3) is 0 Å². The van der Waals surface area contributed by atoms with E-state index in [-0.39, 0.29) is 0 Å². The summed E-state index contributed by atoms with van der Waals surface area (Å²) in [5.41, 5.74) is 0. The van der Waals surface area contributed by atoms with Crippen LogP contribution in [0.25, 0.3) is 0 Å². The molecule has 2 heteroatoms. The third-order valence-corrected chi connectivity index (χ3v) is 0.408. The summed E-state index contributed by atoms with van der Waals surface area (Å²) in [6.45, 7) is 20.0. The van der Waals surface area contributed by atoms with E-state index in [9.17, 15) is 0 Å². The molecule has 0 fully saturated rings. The predicted octanol–water partition coefficient (Wildman–Crippen LogP) is 5.68. The summed E-state index contributed by atoms with van der Waals surface area (Å²) in [7, 11) is 10.1.